The Morgan fingerprint density at radius 2 is 2.17 bits per heavy atom. The Labute approximate surface area is 170 Å². The molecule has 2 aromatic heterocycles. The number of rotatable bonds is 5. The first-order chi connectivity index (χ1) is 14.4. The summed E-state index contributed by atoms with van der Waals surface area (Å²) < 4.78 is 12.3. The van der Waals surface area contributed by atoms with Crippen molar-refractivity contribution in [1.29, 1.82) is 0 Å². The first kappa shape index (κ1) is 19.8. The molecule has 3 aromatic rings. The quantitative estimate of drug-likeness (QED) is 0.310. The average molecular weight is 415 g/mol. The van der Waals surface area contributed by atoms with Crippen molar-refractivity contribution in [3.05, 3.63) is 39.8 Å². The van der Waals surface area contributed by atoms with Crippen molar-refractivity contribution in [2.24, 2.45) is 7.05 Å². The second-order valence-electron chi connectivity index (χ2n) is 6.95. The number of benzene rings is 1. The Bertz CT molecular complexity index is 1200. The lowest BCUT2D eigenvalue weighted by Gasteiger charge is -2.12. The van der Waals surface area contributed by atoms with Crippen LogP contribution < -0.4 is 20.3 Å². The highest BCUT2D eigenvalue weighted by atomic mass is 16.7. The zero-order valence-electron chi connectivity index (χ0n) is 16.2. The van der Waals surface area contributed by atoms with Gasteiger partial charge >= 0.3 is 6.16 Å². The van der Waals surface area contributed by atoms with E-state index in [2.05, 4.69) is 15.0 Å². The molecule has 30 heavy (non-hydrogen) atoms. The summed E-state index contributed by atoms with van der Waals surface area (Å²) in [6, 6.07) is 5.72. The number of fused-ring (bicyclic) bond motifs is 4. The summed E-state index contributed by atoms with van der Waals surface area (Å²) in [5.74, 6) is -0.614. The molecule has 0 bridgehead atoms. The van der Waals surface area contributed by atoms with Crippen molar-refractivity contribution in [3.63, 3.8) is 0 Å². The Morgan fingerprint density at radius 3 is 2.90 bits per heavy atom. The van der Waals surface area contributed by atoms with Crippen molar-refractivity contribution in [1.82, 2.24) is 14.9 Å². The van der Waals surface area contributed by atoms with Gasteiger partial charge < -0.3 is 39.7 Å². The van der Waals surface area contributed by atoms with Gasteiger partial charge in [0.2, 0.25) is 5.75 Å². The molecule has 0 fully saturated rings. The summed E-state index contributed by atoms with van der Waals surface area (Å²) >= 11 is 0. The molecule has 4 rings (SSSR count). The number of aromatic nitrogens is 2. The largest absolute Gasteiger partial charge is 0.511 e. The van der Waals surface area contributed by atoms with Gasteiger partial charge in [0.15, 0.2) is 5.75 Å². The number of nitrogens with one attached hydrogen (secondary N) is 2. The number of aromatic hydroxyl groups is 1. The Hall–Kier alpha value is -3.50. The minimum atomic E-state index is -1.69. The van der Waals surface area contributed by atoms with Crippen molar-refractivity contribution >= 4 is 17.1 Å². The number of H-pyrrole nitrogens is 1. The predicted octanol–water partition coefficient (Wildman–Crippen LogP) is 1.31. The number of nitrogens with zero attached hydrogens (tertiary/aromatic N) is 1. The van der Waals surface area contributed by atoms with Crippen LogP contribution in [0.4, 0.5) is 4.79 Å². The van der Waals surface area contributed by atoms with Gasteiger partial charge in [-0.25, -0.2) is 4.79 Å². The molecule has 0 saturated carbocycles. The molecule has 10 heteroatoms. The molecule has 0 spiro atoms. The second kappa shape index (κ2) is 7.73. The van der Waals surface area contributed by atoms with E-state index in [1.54, 1.807) is 0 Å². The lowest BCUT2D eigenvalue weighted by Crippen LogP contribution is -2.18. The van der Waals surface area contributed by atoms with E-state index in [1.807, 2.05) is 29.8 Å². The van der Waals surface area contributed by atoms with Crippen LogP contribution in [-0.4, -0.2) is 50.8 Å². The Morgan fingerprint density at radius 1 is 1.37 bits per heavy atom. The molecule has 0 unspecified atom stereocenters. The molecule has 0 aliphatic carbocycles. The van der Waals surface area contributed by atoms with E-state index < -0.39 is 23.2 Å². The van der Waals surface area contributed by atoms with Gasteiger partial charge in [0.05, 0.1) is 24.4 Å². The van der Waals surface area contributed by atoms with Crippen LogP contribution in [0.3, 0.4) is 0 Å². The van der Waals surface area contributed by atoms with Gasteiger partial charge in [-0.15, -0.1) is 0 Å². The third-order valence-corrected chi connectivity index (χ3v) is 5.15. The number of ether oxygens (including phenoxy) is 2. The van der Waals surface area contributed by atoms with Crippen LogP contribution in [-0.2, 0) is 20.0 Å². The number of aliphatic hydroxyl groups excluding tert-OH is 1. The van der Waals surface area contributed by atoms with E-state index in [-0.39, 0.29) is 19.6 Å². The monoisotopic (exact) mass is 415 g/mol. The van der Waals surface area contributed by atoms with Crippen LogP contribution in [0.5, 0.6) is 17.2 Å². The highest BCUT2D eigenvalue weighted by Crippen LogP contribution is 2.41. The van der Waals surface area contributed by atoms with Crippen molar-refractivity contribution in [3.8, 4) is 28.5 Å². The molecule has 1 aliphatic heterocycles. The molecule has 5 N–H and O–H groups in total. The molecule has 1 aromatic carbocycles. The first-order valence-electron chi connectivity index (χ1n) is 9.36. The predicted molar refractivity (Wildman–Crippen MR) is 107 cm³/mol. The van der Waals surface area contributed by atoms with E-state index >= 15 is 0 Å². The highest BCUT2D eigenvalue weighted by Gasteiger charge is 2.26. The average Bonchev–Trinajstić information content (AvgIpc) is 2.89. The molecule has 0 saturated heterocycles. The number of pyridine rings is 1. The number of carbonyl (C=O) groups is 1. The van der Waals surface area contributed by atoms with Crippen molar-refractivity contribution in [2.45, 2.75) is 13.0 Å². The minimum absolute atomic E-state index is 0.0489. The van der Waals surface area contributed by atoms with Crippen LogP contribution in [0.1, 0.15) is 11.3 Å². The molecule has 0 radical (unpaired) electrons. The zero-order chi connectivity index (χ0) is 21.4. The standard InChI is InChI=1S/C20H21N3O7/c1-23-11(9-21-3-4-24)6-10-7-13-15(8-14(10)23)29-5-2-12-16(13)22-19(26)18(17(12)25)30-20(27)28/h6-8,21,24H,2-5,9H2,1H3,(H,27,28)(H2,22,25,26). The van der Waals surface area contributed by atoms with Crippen molar-refractivity contribution in [2.75, 3.05) is 19.8 Å². The number of aromatic amines is 1. The lowest BCUT2D eigenvalue weighted by molar-refractivity contribution is 0.142. The van der Waals surface area contributed by atoms with Gasteiger partial charge in [0.25, 0.3) is 5.56 Å². The number of hydrogen-bond donors (Lipinski definition) is 5. The third kappa shape index (κ3) is 3.36. The number of carboxylic acid groups (broad SMARTS) is 1. The van der Waals surface area contributed by atoms with E-state index in [0.717, 1.165) is 16.6 Å². The number of aliphatic hydroxyl groups is 1. The lowest BCUT2D eigenvalue weighted by atomic mass is 10.0. The van der Waals surface area contributed by atoms with Gasteiger partial charge in [-0.05, 0) is 12.1 Å². The summed E-state index contributed by atoms with van der Waals surface area (Å²) in [4.78, 5) is 25.8. The van der Waals surface area contributed by atoms with Crippen molar-refractivity contribution < 1.29 is 29.6 Å². The SMILES string of the molecule is Cn1c(CNCCO)cc2cc3c(cc21)OCCc1c-3[nH]c(=O)c(OC(=O)O)c1O. The smallest absolute Gasteiger partial charge is 0.504 e. The first-order valence-corrected chi connectivity index (χ1v) is 9.36. The molecule has 0 amide bonds. The summed E-state index contributed by atoms with van der Waals surface area (Å²) in [5, 5.41) is 32.3. The van der Waals surface area contributed by atoms with Crippen LogP contribution in [0.15, 0.2) is 23.0 Å². The normalized spacial score (nSPS) is 12.7. The maximum atomic E-state index is 12.4. The number of hydrogen-bond acceptors (Lipinski definition) is 7. The van der Waals surface area contributed by atoms with Gasteiger partial charge in [-0.1, -0.05) is 0 Å². The summed E-state index contributed by atoms with van der Waals surface area (Å²) in [6.07, 6.45) is -1.43. The van der Waals surface area contributed by atoms with Gasteiger partial charge in [0.1, 0.15) is 5.75 Å². The Balaban J connectivity index is 1.86. The summed E-state index contributed by atoms with van der Waals surface area (Å²) in [5.41, 5.74) is 2.39. The zero-order valence-corrected chi connectivity index (χ0v) is 16.2. The van der Waals surface area contributed by atoms with Gasteiger partial charge in [-0.2, -0.15) is 0 Å². The van der Waals surface area contributed by atoms with E-state index in [0.29, 0.717) is 35.7 Å². The molecule has 1 aliphatic rings. The topological polar surface area (TPSA) is 146 Å². The summed E-state index contributed by atoms with van der Waals surface area (Å²) in [7, 11) is 1.93. The maximum absolute atomic E-state index is 12.4. The Kier molecular flexibility index (Phi) is 5.10. The fourth-order valence-corrected chi connectivity index (χ4v) is 3.73. The third-order valence-electron chi connectivity index (χ3n) is 5.15. The second-order valence-corrected chi connectivity index (χ2v) is 6.95. The van der Waals surface area contributed by atoms with E-state index in [1.165, 1.54) is 0 Å². The highest BCUT2D eigenvalue weighted by molar-refractivity contribution is 5.90. The fraction of sp³-hybridized carbons (Fsp3) is 0.300. The van der Waals surface area contributed by atoms with E-state index in [4.69, 9.17) is 14.9 Å². The van der Waals surface area contributed by atoms with Gasteiger partial charge in [0, 0.05) is 54.8 Å². The molecular formula is C20H21N3O7. The van der Waals surface area contributed by atoms with Crippen LogP contribution in [0, 0.1) is 0 Å². The molecule has 3 heterocycles. The molecular weight excluding hydrogens is 394 g/mol. The minimum Gasteiger partial charge on any atom is -0.504 e. The molecule has 158 valence electrons. The van der Waals surface area contributed by atoms with Crippen LogP contribution >= 0.6 is 0 Å². The molecule has 10 nitrogen and oxygen atoms in total. The van der Waals surface area contributed by atoms with Crippen LogP contribution in [0.2, 0.25) is 0 Å². The van der Waals surface area contributed by atoms with Gasteiger partial charge in [-0.3, -0.25) is 4.79 Å². The number of aryl methyl sites for hydroxylation is 1. The maximum Gasteiger partial charge on any atom is 0.511 e. The fourth-order valence-electron chi connectivity index (χ4n) is 3.73. The molecule has 0 atom stereocenters. The van der Waals surface area contributed by atoms with E-state index in [9.17, 15) is 14.7 Å². The summed E-state index contributed by atoms with van der Waals surface area (Å²) in [6.45, 7) is 1.33. The van der Waals surface area contributed by atoms with Crippen LogP contribution in [0.25, 0.3) is 22.2 Å².